The van der Waals surface area contributed by atoms with Crippen LogP contribution in [-0.2, 0) is 23.4 Å². The molecule has 2 aliphatic carbocycles. The first kappa shape index (κ1) is 28.9. The summed E-state index contributed by atoms with van der Waals surface area (Å²) in [5, 5.41) is -0.0512. The van der Waals surface area contributed by atoms with Crippen molar-refractivity contribution >= 4 is 22.4 Å². The van der Waals surface area contributed by atoms with Crippen LogP contribution >= 0.6 is 0 Å². The van der Waals surface area contributed by atoms with Gasteiger partial charge in [-0.1, -0.05) is 64.6 Å². The molecule has 198 valence electrons. The van der Waals surface area contributed by atoms with E-state index >= 15 is 0 Å². The van der Waals surface area contributed by atoms with Crippen LogP contribution in [0, 0.1) is 23.3 Å². The number of methoxy groups -OCH3 is 1. The molecule has 3 atom stereocenters. The van der Waals surface area contributed by atoms with Gasteiger partial charge in [-0.2, -0.15) is 0 Å². The monoisotopic (exact) mass is 528 g/mol. The van der Waals surface area contributed by atoms with Crippen LogP contribution in [0.25, 0.3) is 0 Å². The summed E-state index contributed by atoms with van der Waals surface area (Å²) in [6.45, 7) is 17.7. The third-order valence-corrected chi connectivity index (χ3v) is 12.9. The molecule has 1 saturated heterocycles. The van der Waals surface area contributed by atoms with Crippen LogP contribution in [-0.4, -0.2) is 53.1 Å². The molecular formula is C29H44O5Si2. The maximum atomic E-state index is 12.8. The first-order chi connectivity index (χ1) is 16.6. The third-order valence-electron chi connectivity index (χ3n) is 7.56. The maximum absolute atomic E-state index is 12.8. The summed E-state index contributed by atoms with van der Waals surface area (Å²) < 4.78 is 25.6. The fourth-order valence-electron chi connectivity index (χ4n) is 4.70. The van der Waals surface area contributed by atoms with Gasteiger partial charge in [-0.05, 0) is 49.2 Å². The lowest BCUT2D eigenvalue weighted by atomic mass is 9.81. The highest BCUT2D eigenvalue weighted by atomic mass is 28.4. The molecule has 0 bridgehead atoms. The Morgan fingerprint density at radius 2 is 1.69 bits per heavy atom. The summed E-state index contributed by atoms with van der Waals surface area (Å²) >= 11 is 0. The minimum Gasteiger partial charge on any atom is -0.466 e. The number of carbonyl (C=O) groups excluding carboxylic acids is 1. The summed E-state index contributed by atoms with van der Waals surface area (Å²) in [4.78, 5) is 12.8. The van der Waals surface area contributed by atoms with Crippen LogP contribution in [0.2, 0.25) is 37.8 Å². The quantitative estimate of drug-likeness (QED) is 0.250. The predicted molar refractivity (Wildman–Crippen MR) is 149 cm³/mol. The van der Waals surface area contributed by atoms with E-state index in [1.54, 1.807) is 12.2 Å². The molecule has 1 aliphatic heterocycles. The number of esters is 1. The van der Waals surface area contributed by atoms with Gasteiger partial charge in [0, 0.05) is 24.8 Å². The molecule has 0 radical (unpaired) electrons. The van der Waals surface area contributed by atoms with E-state index in [0.29, 0.717) is 12.0 Å². The SMILES string of the molecule is COC(=O)C1=C[C@H]2OC3(CCCCC3)O[C@H]2[C@@](C#C/C=C\C#C[Si](C)(C)C)(O[Si](C)(C)C(C)(C)C)C1. The lowest BCUT2D eigenvalue weighted by Crippen LogP contribution is -2.59. The van der Waals surface area contributed by atoms with Gasteiger partial charge in [0.05, 0.1) is 7.11 Å². The Kier molecular flexibility index (Phi) is 8.55. The van der Waals surface area contributed by atoms with Gasteiger partial charge in [0.1, 0.15) is 20.3 Å². The summed E-state index contributed by atoms with van der Waals surface area (Å²) in [6.07, 6.45) is 9.92. The minimum absolute atomic E-state index is 0.0512. The van der Waals surface area contributed by atoms with E-state index in [0.717, 1.165) is 25.7 Å². The number of allylic oxidation sites excluding steroid dienone is 2. The standard InChI is InChI=1S/C29H44O5Si2/c1-27(2,3)36(8,9)34-28(17-13-10-11-16-20-35(5,6)7)22-23(26(30)31-4)21-24-25(28)33-29(32-24)18-14-12-15-19-29/h10-11,21,24-25H,12,14-15,18-19,22H2,1-9H3/b11-10-/t24-,25-,28+/m1/s1. The van der Waals surface area contributed by atoms with Crippen molar-refractivity contribution in [1.29, 1.82) is 0 Å². The normalized spacial score (nSPS) is 28.0. The van der Waals surface area contributed by atoms with Crippen LogP contribution in [0.3, 0.4) is 0 Å². The fourth-order valence-corrected chi connectivity index (χ4v) is 6.68. The van der Waals surface area contributed by atoms with Gasteiger partial charge >= 0.3 is 5.97 Å². The average molecular weight is 529 g/mol. The Bertz CT molecular complexity index is 1020. The van der Waals surface area contributed by atoms with Gasteiger partial charge in [-0.15, -0.1) is 5.54 Å². The molecule has 1 heterocycles. The van der Waals surface area contributed by atoms with E-state index in [1.165, 1.54) is 13.5 Å². The summed E-state index contributed by atoms with van der Waals surface area (Å²) in [6, 6.07) is 0. The number of hydrogen-bond donors (Lipinski definition) is 0. The molecular weight excluding hydrogens is 484 g/mol. The van der Waals surface area contributed by atoms with Crippen molar-refractivity contribution in [2.75, 3.05) is 7.11 Å². The van der Waals surface area contributed by atoms with Crippen LogP contribution in [0.4, 0.5) is 0 Å². The molecule has 2 fully saturated rings. The van der Waals surface area contributed by atoms with Crippen LogP contribution in [0.15, 0.2) is 23.8 Å². The first-order valence-corrected chi connectivity index (χ1v) is 19.6. The predicted octanol–water partition coefficient (Wildman–Crippen LogP) is 6.13. The zero-order chi connectivity index (χ0) is 26.8. The molecule has 5 nitrogen and oxygen atoms in total. The van der Waals surface area contributed by atoms with Crippen molar-refractivity contribution in [3.05, 3.63) is 23.8 Å². The smallest absolute Gasteiger partial charge is 0.333 e. The van der Waals surface area contributed by atoms with Gasteiger partial charge in [-0.3, -0.25) is 0 Å². The van der Waals surface area contributed by atoms with Crippen LogP contribution < -0.4 is 0 Å². The summed E-state index contributed by atoms with van der Waals surface area (Å²) in [5.41, 5.74) is 2.84. The highest BCUT2D eigenvalue weighted by molar-refractivity contribution is 6.83. The number of carbonyl (C=O) groups is 1. The molecule has 7 heteroatoms. The topological polar surface area (TPSA) is 54.0 Å². The number of hydrogen-bond acceptors (Lipinski definition) is 5. The van der Waals surface area contributed by atoms with Gasteiger partial charge < -0.3 is 18.6 Å². The van der Waals surface area contributed by atoms with Gasteiger partial charge in [0.15, 0.2) is 19.7 Å². The molecule has 1 spiro atoms. The van der Waals surface area contributed by atoms with E-state index in [1.807, 2.05) is 6.08 Å². The second kappa shape index (κ2) is 10.6. The fraction of sp³-hybridized carbons (Fsp3) is 0.690. The third kappa shape index (κ3) is 6.63. The van der Waals surface area contributed by atoms with E-state index in [-0.39, 0.29) is 11.0 Å². The summed E-state index contributed by atoms with van der Waals surface area (Å²) in [7, 11) is -2.37. The van der Waals surface area contributed by atoms with Crippen molar-refractivity contribution < 1.29 is 23.4 Å². The minimum atomic E-state index is -2.32. The molecule has 3 aliphatic rings. The van der Waals surface area contributed by atoms with Gasteiger partial charge in [0.2, 0.25) is 0 Å². The molecule has 0 N–H and O–H groups in total. The molecule has 3 rings (SSSR count). The van der Waals surface area contributed by atoms with Crippen molar-refractivity contribution in [1.82, 2.24) is 0 Å². The lowest BCUT2D eigenvalue weighted by Gasteiger charge is -2.47. The van der Waals surface area contributed by atoms with Crippen molar-refractivity contribution in [3.8, 4) is 23.3 Å². The second-order valence-electron chi connectivity index (χ2n) is 12.8. The molecule has 36 heavy (non-hydrogen) atoms. The van der Waals surface area contributed by atoms with Crippen LogP contribution in [0.5, 0.6) is 0 Å². The maximum Gasteiger partial charge on any atom is 0.333 e. The molecule has 0 aromatic heterocycles. The Morgan fingerprint density at radius 3 is 2.28 bits per heavy atom. The summed E-state index contributed by atoms with van der Waals surface area (Å²) in [5.74, 6) is 8.75. The molecule has 0 unspecified atom stereocenters. The number of ether oxygens (including phenoxy) is 3. The average Bonchev–Trinajstić information content (AvgIpc) is 3.12. The second-order valence-corrected chi connectivity index (χ2v) is 22.3. The highest BCUT2D eigenvalue weighted by Crippen LogP contribution is 2.50. The molecule has 0 aromatic rings. The van der Waals surface area contributed by atoms with Crippen molar-refractivity contribution in [2.45, 2.75) is 121 Å². The van der Waals surface area contributed by atoms with Crippen LogP contribution in [0.1, 0.15) is 59.3 Å². The van der Waals surface area contributed by atoms with Gasteiger partial charge in [-0.25, -0.2) is 4.79 Å². The Labute approximate surface area is 220 Å². The molecule has 0 amide bonds. The lowest BCUT2D eigenvalue weighted by molar-refractivity contribution is -0.201. The van der Waals surface area contributed by atoms with Crippen molar-refractivity contribution in [3.63, 3.8) is 0 Å². The Hall–Kier alpha value is -1.62. The van der Waals surface area contributed by atoms with Gasteiger partial charge in [0.25, 0.3) is 0 Å². The molecule has 1 saturated carbocycles. The van der Waals surface area contributed by atoms with E-state index < -0.39 is 40.0 Å². The molecule has 0 aromatic carbocycles. The highest BCUT2D eigenvalue weighted by Gasteiger charge is 2.60. The zero-order valence-electron chi connectivity index (χ0n) is 23.7. The van der Waals surface area contributed by atoms with E-state index in [2.05, 4.69) is 76.8 Å². The Balaban J connectivity index is 2.09. The largest absolute Gasteiger partial charge is 0.466 e. The number of rotatable bonds is 3. The van der Waals surface area contributed by atoms with E-state index in [4.69, 9.17) is 18.6 Å². The first-order valence-electron chi connectivity index (χ1n) is 13.2. The van der Waals surface area contributed by atoms with E-state index in [9.17, 15) is 4.79 Å². The number of fused-ring (bicyclic) bond motifs is 1. The zero-order valence-corrected chi connectivity index (χ0v) is 25.7. The Morgan fingerprint density at radius 1 is 1.06 bits per heavy atom. The van der Waals surface area contributed by atoms with Crippen molar-refractivity contribution in [2.24, 2.45) is 0 Å².